The van der Waals surface area contributed by atoms with Gasteiger partial charge in [0.05, 0.1) is 33.9 Å². The van der Waals surface area contributed by atoms with Crippen molar-refractivity contribution in [3.8, 4) is 28.7 Å². The summed E-state index contributed by atoms with van der Waals surface area (Å²) >= 11 is 0. The van der Waals surface area contributed by atoms with Crippen LogP contribution in [0.4, 0.5) is 0 Å². The first-order valence-corrected chi connectivity index (χ1v) is 9.01. The molecule has 0 saturated carbocycles. The second-order valence-electron chi connectivity index (χ2n) is 6.57. The molecule has 2 aromatic carbocycles. The second-order valence-corrected chi connectivity index (χ2v) is 6.57. The maximum Gasteiger partial charge on any atom is 0.200 e. The van der Waals surface area contributed by atoms with Gasteiger partial charge in [-0.1, -0.05) is 19.4 Å². The minimum Gasteiger partial charge on any atom is -0.502 e. The second kappa shape index (κ2) is 7.96. The van der Waals surface area contributed by atoms with Gasteiger partial charge in [0, 0.05) is 11.1 Å². The van der Waals surface area contributed by atoms with E-state index in [0.717, 1.165) is 29.5 Å². The number of aliphatic hydroxyl groups excluding tert-OH is 1. The van der Waals surface area contributed by atoms with Gasteiger partial charge in [-0.3, -0.25) is 0 Å². The van der Waals surface area contributed by atoms with E-state index in [1.54, 1.807) is 19.2 Å². The number of aliphatic hydroxyl groups is 1. The molecule has 6 nitrogen and oxygen atoms in total. The van der Waals surface area contributed by atoms with Crippen LogP contribution in [0.3, 0.4) is 0 Å². The zero-order valence-electron chi connectivity index (χ0n) is 16.1. The number of aryl methyl sites for hydroxylation is 1. The molecule has 0 amide bonds. The van der Waals surface area contributed by atoms with Crippen LogP contribution < -0.4 is 18.9 Å². The van der Waals surface area contributed by atoms with Crippen LogP contribution in [0, 0.1) is 0 Å². The van der Waals surface area contributed by atoms with Gasteiger partial charge in [-0.05, 0) is 30.2 Å². The van der Waals surface area contributed by atoms with Crippen molar-refractivity contribution in [1.82, 2.24) is 0 Å². The lowest BCUT2D eigenvalue weighted by Gasteiger charge is -2.20. The SMILES string of the molecule is CCCc1cc(OC)c2c(c1)C(CO)C(c1cc(OC)c(O)c(OC)c1)O2. The van der Waals surface area contributed by atoms with E-state index in [4.69, 9.17) is 18.9 Å². The first-order valence-electron chi connectivity index (χ1n) is 9.01. The minimum absolute atomic E-state index is 0.0670. The Kier molecular flexibility index (Phi) is 5.65. The summed E-state index contributed by atoms with van der Waals surface area (Å²) < 4.78 is 22.3. The van der Waals surface area contributed by atoms with Gasteiger partial charge in [0.1, 0.15) is 6.10 Å². The van der Waals surface area contributed by atoms with Gasteiger partial charge in [-0.25, -0.2) is 0 Å². The van der Waals surface area contributed by atoms with Crippen LogP contribution >= 0.6 is 0 Å². The molecule has 146 valence electrons. The van der Waals surface area contributed by atoms with Crippen LogP contribution in [0.5, 0.6) is 28.7 Å². The number of aromatic hydroxyl groups is 1. The highest BCUT2D eigenvalue weighted by Crippen LogP contribution is 2.52. The number of hydrogen-bond acceptors (Lipinski definition) is 6. The fourth-order valence-electron chi connectivity index (χ4n) is 3.61. The molecule has 2 atom stereocenters. The van der Waals surface area contributed by atoms with Crippen LogP contribution in [-0.2, 0) is 6.42 Å². The van der Waals surface area contributed by atoms with E-state index in [9.17, 15) is 10.2 Å². The zero-order valence-corrected chi connectivity index (χ0v) is 16.1. The highest BCUT2D eigenvalue weighted by molar-refractivity contribution is 5.58. The molecule has 0 radical (unpaired) electrons. The Morgan fingerprint density at radius 1 is 0.963 bits per heavy atom. The van der Waals surface area contributed by atoms with Crippen molar-refractivity contribution in [2.45, 2.75) is 31.8 Å². The van der Waals surface area contributed by atoms with Gasteiger partial charge in [-0.15, -0.1) is 0 Å². The molecule has 1 aliphatic rings. The highest BCUT2D eigenvalue weighted by atomic mass is 16.5. The van der Waals surface area contributed by atoms with E-state index >= 15 is 0 Å². The summed E-state index contributed by atoms with van der Waals surface area (Å²) in [5.74, 6) is 1.56. The summed E-state index contributed by atoms with van der Waals surface area (Å²) in [4.78, 5) is 0. The van der Waals surface area contributed by atoms with Crippen molar-refractivity contribution in [1.29, 1.82) is 0 Å². The maximum atomic E-state index is 10.2. The third kappa shape index (κ3) is 3.37. The Morgan fingerprint density at radius 2 is 1.59 bits per heavy atom. The molecule has 1 aliphatic heterocycles. The molecule has 0 aromatic heterocycles. The molecule has 1 heterocycles. The molecule has 0 saturated heterocycles. The number of phenols is 1. The summed E-state index contributed by atoms with van der Waals surface area (Å²) in [6.45, 7) is 2.04. The van der Waals surface area contributed by atoms with Crippen molar-refractivity contribution >= 4 is 0 Å². The lowest BCUT2D eigenvalue weighted by atomic mass is 9.90. The monoisotopic (exact) mass is 374 g/mol. The van der Waals surface area contributed by atoms with Gasteiger partial charge >= 0.3 is 0 Å². The van der Waals surface area contributed by atoms with E-state index in [-0.39, 0.29) is 18.3 Å². The summed E-state index contributed by atoms with van der Waals surface area (Å²) in [7, 11) is 4.57. The molecule has 2 aromatic rings. The standard InChI is InChI=1S/C21H26O6/c1-5-6-12-7-14-15(11-22)20(27-21(14)18(8-12)26-4)13-9-16(24-2)19(23)17(10-13)25-3/h7-10,15,20,22-23H,5-6,11H2,1-4H3. The van der Waals surface area contributed by atoms with Crippen molar-refractivity contribution in [2.24, 2.45) is 0 Å². The van der Waals surface area contributed by atoms with E-state index in [1.165, 1.54) is 14.2 Å². The first-order chi connectivity index (χ1) is 13.1. The molecule has 0 bridgehead atoms. The van der Waals surface area contributed by atoms with E-state index in [0.29, 0.717) is 23.0 Å². The molecule has 0 aliphatic carbocycles. The molecule has 3 rings (SSSR count). The highest BCUT2D eigenvalue weighted by Gasteiger charge is 2.38. The minimum atomic E-state index is -0.445. The van der Waals surface area contributed by atoms with Crippen molar-refractivity contribution in [3.63, 3.8) is 0 Å². The summed E-state index contributed by atoms with van der Waals surface area (Å²) in [5, 5.41) is 20.3. The Morgan fingerprint density at radius 3 is 2.11 bits per heavy atom. The predicted molar refractivity (Wildman–Crippen MR) is 101 cm³/mol. The number of rotatable bonds is 7. The van der Waals surface area contributed by atoms with E-state index in [1.807, 2.05) is 6.07 Å². The third-order valence-electron chi connectivity index (χ3n) is 4.94. The predicted octanol–water partition coefficient (Wildman–Crippen LogP) is 3.58. The average Bonchev–Trinajstić information content (AvgIpc) is 3.06. The van der Waals surface area contributed by atoms with Crippen molar-refractivity contribution in [2.75, 3.05) is 27.9 Å². The molecular weight excluding hydrogens is 348 g/mol. The molecular formula is C21H26O6. The third-order valence-corrected chi connectivity index (χ3v) is 4.94. The molecule has 0 spiro atoms. The number of methoxy groups -OCH3 is 3. The Bertz CT molecular complexity index is 792. The molecule has 2 unspecified atom stereocenters. The van der Waals surface area contributed by atoms with Crippen LogP contribution in [0.25, 0.3) is 0 Å². The smallest absolute Gasteiger partial charge is 0.200 e. The maximum absolute atomic E-state index is 10.2. The van der Waals surface area contributed by atoms with Gasteiger partial charge in [0.25, 0.3) is 0 Å². The van der Waals surface area contributed by atoms with Crippen LogP contribution in [0.2, 0.25) is 0 Å². The number of ether oxygens (including phenoxy) is 4. The van der Waals surface area contributed by atoms with Crippen molar-refractivity contribution < 1.29 is 29.2 Å². The number of hydrogen-bond donors (Lipinski definition) is 2. The normalized spacial score (nSPS) is 18.0. The van der Waals surface area contributed by atoms with Crippen LogP contribution in [-0.4, -0.2) is 38.1 Å². The van der Waals surface area contributed by atoms with Gasteiger partial charge in [0.2, 0.25) is 5.75 Å². The average molecular weight is 374 g/mol. The zero-order chi connectivity index (χ0) is 19.6. The largest absolute Gasteiger partial charge is 0.502 e. The lowest BCUT2D eigenvalue weighted by Crippen LogP contribution is -2.13. The van der Waals surface area contributed by atoms with Crippen LogP contribution in [0.15, 0.2) is 24.3 Å². The topological polar surface area (TPSA) is 77.4 Å². The Hall–Kier alpha value is -2.60. The fourth-order valence-corrected chi connectivity index (χ4v) is 3.61. The first kappa shape index (κ1) is 19.2. The number of benzene rings is 2. The van der Waals surface area contributed by atoms with E-state index < -0.39 is 6.10 Å². The molecule has 2 N–H and O–H groups in total. The summed E-state index contributed by atoms with van der Waals surface area (Å²) in [6, 6.07) is 7.47. The molecule has 6 heteroatoms. The van der Waals surface area contributed by atoms with Crippen molar-refractivity contribution in [3.05, 3.63) is 41.0 Å². The summed E-state index contributed by atoms with van der Waals surface area (Å²) in [6.07, 6.45) is 1.49. The van der Waals surface area contributed by atoms with E-state index in [2.05, 4.69) is 13.0 Å². The fraction of sp³-hybridized carbons (Fsp3) is 0.429. The van der Waals surface area contributed by atoms with Crippen LogP contribution in [0.1, 0.15) is 42.1 Å². The van der Waals surface area contributed by atoms with Gasteiger partial charge in [0.15, 0.2) is 23.0 Å². The molecule has 0 fully saturated rings. The Labute approximate surface area is 159 Å². The Balaban J connectivity index is 2.08. The number of phenolic OH excluding ortho intramolecular Hbond substituents is 1. The lowest BCUT2D eigenvalue weighted by molar-refractivity contribution is 0.156. The van der Waals surface area contributed by atoms with Gasteiger partial charge < -0.3 is 29.2 Å². The van der Waals surface area contributed by atoms with Gasteiger partial charge in [-0.2, -0.15) is 0 Å². The summed E-state index contributed by atoms with van der Waals surface area (Å²) in [5.41, 5.74) is 2.82. The molecule has 27 heavy (non-hydrogen) atoms. The quantitative estimate of drug-likeness (QED) is 0.771. The number of fused-ring (bicyclic) bond motifs is 1.